The molecule has 3 aliphatic rings. The van der Waals surface area contributed by atoms with Crippen molar-refractivity contribution in [2.24, 2.45) is 0 Å². The highest BCUT2D eigenvalue weighted by Gasteiger charge is 2.83. The van der Waals surface area contributed by atoms with Crippen molar-refractivity contribution in [3.05, 3.63) is 0 Å². The van der Waals surface area contributed by atoms with Gasteiger partial charge in [0, 0.05) is 5.54 Å². The van der Waals surface area contributed by atoms with Crippen LogP contribution in [-0.4, -0.2) is 36.7 Å². The fraction of sp³-hybridized carbons (Fsp3) is 0.909. The molecule has 0 atom stereocenters. The van der Waals surface area contributed by atoms with Gasteiger partial charge in [0.25, 0.3) is 0 Å². The number of hydrogen-bond acceptors (Lipinski definition) is 3. The van der Waals surface area contributed by atoms with E-state index in [0.717, 1.165) is 25.7 Å². The lowest BCUT2D eigenvalue weighted by atomic mass is 9.96. The van der Waals surface area contributed by atoms with Crippen molar-refractivity contribution in [1.82, 2.24) is 10.6 Å². The lowest BCUT2D eigenvalue weighted by Crippen LogP contribution is -2.36. The molecule has 3 saturated carbocycles. The Labute approximate surface area is 89.7 Å². The maximum atomic E-state index is 11.6. The fourth-order valence-corrected chi connectivity index (χ4v) is 2.55. The minimum absolute atomic E-state index is 0.0523. The number of carbonyl (C=O) groups is 1. The van der Waals surface area contributed by atoms with Gasteiger partial charge in [0.2, 0.25) is 5.91 Å². The van der Waals surface area contributed by atoms with E-state index >= 15 is 0 Å². The highest BCUT2D eigenvalue weighted by Crippen LogP contribution is 2.70. The first kappa shape index (κ1) is 9.60. The molecule has 0 aromatic heterocycles. The molecule has 0 saturated heterocycles. The van der Waals surface area contributed by atoms with Gasteiger partial charge in [-0.25, -0.2) is 0 Å². The van der Waals surface area contributed by atoms with Gasteiger partial charge >= 0.3 is 0 Å². The molecule has 2 N–H and O–H groups in total. The molecule has 3 fully saturated rings. The standard InChI is InChI=1S/C11H18N2O2/c1-12-10-6-11(10,7-10)13-9(14)5-15-8-3-2-4-8/h8,12H,2-7H2,1H3,(H,13,14). The van der Waals surface area contributed by atoms with Gasteiger partial charge in [0.15, 0.2) is 0 Å². The second kappa shape index (κ2) is 2.95. The van der Waals surface area contributed by atoms with E-state index < -0.39 is 0 Å². The van der Waals surface area contributed by atoms with Gasteiger partial charge < -0.3 is 15.4 Å². The topological polar surface area (TPSA) is 50.4 Å². The number of nitrogens with one attached hydrogen (secondary N) is 2. The van der Waals surface area contributed by atoms with E-state index in [1.54, 1.807) is 0 Å². The molecular weight excluding hydrogens is 192 g/mol. The zero-order chi connectivity index (χ0) is 10.5. The number of ether oxygens (including phenoxy) is 1. The Morgan fingerprint density at radius 2 is 2.13 bits per heavy atom. The Kier molecular flexibility index (Phi) is 1.89. The molecule has 0 heterocycles. The molecule has 0 bridgehead atoms. The third kappa shape index (κ3) is 1.39. The minimum Gasteiger partial charge on any atom is -0.368 e. The van der Waals surface area contributed by atoms with Gasteiger partial charge in [-0.15, -0.1) is 0 Å². The first-order valence-electron chi connectivity index (χ1n) is 5.81. The lowest BCUT2D eigenvalue weighted by molar-refractivity contribution is -0.130. The van der Waals surface area contributed by atoms with E-state index in [-0.39, 0.29) is 23.6 Å². The summed E-state index contributed by atoms with van der Waals surface area (Å²) in [6.07, 6.45) is 6.02. The molecule has 0 unspecified atom stereocenters. The Bertz CT molecular complexity index is 293. The molecule has 84 valence electrons. The Balaban J connectivity index is 1.39. The average molecular weight is 210 g/mol. The number of carbonyl (C=O) groups excluding carboxylic acids is 1. The van der Waals surface area contributed by atoms with Gasteiger partial charge in [0.1, 0.15) is 6.61 Å². The third-order valence-corrected chi connectivity index (χ3v) is 4.23. The SMILES string of the molecule is CNC12CC1(NC(=O)COC1CCC1)C2. The second-order valence-electron chi connectivity index (χ2n) is 5.18. The molecule has 3 rings (SSSR count). The summed E-state index contributed by atoms with van der Waals surface area (Å²) in [6.45, 7) is 0.242. The van der Waals surface area contributed by atoms with Crippen molar-refractivity contribution in [1.29, 1.82) is 0 Å². The summed E-state index contributed by atoms with van der Waals surface area (Å²) in [5.41, 5.74) is 0.348. The first-order valence-corrected chi connectivity index (χ1v) is 5.81. The maximum Gasteiger partial charge on any atom is 0.246 e. The largest absolute Gasteiger partial charge is 0.368 e. The fourth-order valence-electron chi connectivity index (χ4n) is 2.55. The summed E-state index contributed by atoms with van der Waals surface area (Å²) in [5, 5.41) is 6.34. The predicted octanol–water partition coefficient (Wildman–Crippen LogP) is 0.176. The van der Waals surface area contributed by atoms with E-state index in [1.807, 2.05) is 7.05 Å². The zero-order valence-electron chi connectivity index (χ0n) is 9.14. The summed E-state index contributed by atoms with van der Waals surface area (Å²) in [6, 6.07) is 0. The number of likely N-dealkylation sites (N-methyl/N-ethyl adjacent to an activating group) is 1. The van der Waals surface area contributed by atoms with Crippen LogP contribution < -0.4 is 10.6 Å². The molecule has 1 amide bonds. The monoisotopic (exact) mass is 210 g/mol. The van der Waals surface area contributed by atoms with Crippen molar-refractivity contribution in [3.8, 4) is 0 Å². The lowest BCUT2D eigenvalue weighted by Gasteiger charge is -2.25. The Hall–Kier alpha value is -0.610. The molecular formula is C11H18N2O2. The van der Waals surface area contributed by atoms with E-state index in [2.05, 4.69) is 10.6 Å². The minimum atomic E-state index is 0.0523. The predicted molar refractivity (Wildman–Crippen MR) is 55.5 cm³/mol. The van der Waals surface area contributed by atoms with Crippen molar-refractivity contribution < 1.29 is 9.53 Å². The summed E-state index contributed by atoms with van der Waals surface area (Å²) in [4.78, 5) is 11.6. The Morgan fingerprint density at radius 3 is 2.60 bits per heavy atom. The first-order chi connectivity index (χ1) is 7.20. The van der Waals surface area contributed by atoms with Crippen LogP contribution in [-0.2, 0) is 9.53 Å². The second-order valence-corrected chi connectivity index (χ2v) is 5.18. The molecule has 0 aromatic rings. The van der Waals surface area contributed by atoms with Crippen LogP contribution in [0.3, 0.4) is 0 Å². The summed E-state index contributed by atoms with van der Waals surface area (Å²) >= 11 is 0. The van der Waals surface area contributed by atoms with E-state index in [9.17, 15) is 4.79 Å². The molecule has 0 spiro atoms. The van der Waals surface area contributed by atoms with Crippen molar-refractivity contribution >= 4 is 5.91 Å². The summed E-state index contributed by atoms with van der Waals surface area (Å²) in [7, 11) is 1.96. The highest BCUT2D eigenvalue weighted by molar-refractivity contribution is 5.80. The van der Waals surface area contributed by atoms with Crippen LogP contribution in [0.15, 0.2) is 0 Å². The molecule has 15 heavy (non-hydrogen) atoms. The van der Waals surface area contributed by atoms with Crippen LogP contribution in [0.2, 0.25) is 0 Å². The van der Waals surface area contributed by atoms with Crippen molar-refractivity contribution in [2.75, 3.05) is 13.7 Å². The smallest absolute Gasteiger partial charge is 0.246 e. The van der Waals surface area contributed by atoms with Gasteiger partial charge in [-0.2, -0.15) is 0 Å². The average Bonchev–Trinajstić information content (AvgIpc) is 2.87. The van der Waals surface area contributed by atoms with Gasteiger partial charge in [-0.3, -0.25) is 4.79 Å². The van der Waals surface area contributed by atoms with Gasteiger partial charge in [-0.1, -0.05) is 0 Å². The van der Waals surface area contributed by atoms with Crippen molar-refractivity contribution in [3.63, 3.8) is 0 Å². The highest BCUT2D eigenvalue weighted by atomic mass is 16.5. The number of hydrogen-bond donors (Lipinski definition) is 2. The van der Waals surface area contributed by atoms with Crippen LogP contribution in [0.5, 0.6) is 0 Å². The number of amides is 1. The molecule has 4 nitrogen and oxygen atoms in total. The molecule has 0 radical (unpaired) electrons. The van der Waals surface area contributed by atoms with E-state index in [0.29, 0.717) is 6.10 Å². The molecule has 4 heteroatoms. The van der Waals surface area contributed by atoms with Crippen LogP contribution in [0.25, 0.3) is 0 Å². The van der Waals surface area contributed by atoms with Crippen molar-refractivity contribution in [2.45, 2.75) is 49.3 Å². The quantitative estimate of drug-likeness (QED) is 0.680. The maximum absolute atomic E-state index is 11.6. The molecule has 0 aromatic carbocycles. The van der Waals surface area contributed by atoms with Gasteiger partial charge in [-0.05, 0) is 39.2 Å². The van der Waals surface area contributed by atoms with E-state index in [1.165, 1.54) is 6.42 Å². The van der Waals surface area contributed by atoms with Gasteiger partial charge in [0.05, 0.1) is 11.6 Å². The van der Waals surface area contributed by atoms with Crippen LogP contribution in [0.4, 0.5) is 0 Å². The normalized spacial score (nSPS) is 41.7. The molecule has 3 aliphatic carbocycles. The summed E-state index contributed by atoms with van der Waals surface area (Å²) < 4.78 is 5.47. The molecule has 0 aliphatic heterocycles. The van der Waals surface area contributed by atoms with Crippen LogP contribution in [0.1, 0.15) is 32.1 Å². The Morgan fingerprint density at radius 1 is 1.40 bits per heavy atom. The number of fused-ring (bicyclic) bond motifs is 1. The van der Waals surface area contributed by atoms with Crippen LogP contribution >= 0.6 is 0 Å². The number of rotatable bonds is 5. The van der Waals surface area contributed by atoms with E-state index in [4.69, 9.17) is 4.74 Å². The zero-order valence-corrected chi connectivity index (χ0v) is 9.14. The third-order valence-electron chi connectivity index (χ3n) is 4.23. The summed E-state index contributed by atoms with van der Waals surface area (Å²) in [5.74, 6) is 0.0523. The van der Waals surface area contributed by atoms with Crippen LogP contribution in [0, 0.1) is 0 Å².